The highest BCUT2D eigenvalue weighted by molar-refractivity contribution is 6.00. The summed E-state index contributed by atoms with van der Waals surface area (Å²) >= 11 is 0. The lowest BCUT2D eigenvalue weighted by molar-refractivity contribution is -0.134. The normalized spacial score (nSPS) is 18.0. The highest BCUT2D eigenvalue weighted by Crippen LogP contribution is 2.28. The van der Waals surface area contributed by atoms with E-state index in [2.05, 4.69) is 0 Å². The summed E-state index contributed by atoms with van der Waals surface area (Å²) in [5.74, 6) is -2.21. The van der Waals surface area contributed by atoms with Crippen LogP contribution in [0.15, 0.2) is 18.2 Å². The molecule has 26 heavy (non-hydrogen) atoms. The largest absolute Gasteiger partial charge is 0.345 e. The maximum atomic E-state index is 13.9. The van der Waals surface area contributed by atoms with E-state index in [1.54, 1.807) is 11.9 Å². The van der Waals surface area contributed by atoms with Crippen LogP contribution in [0.3, 0.4) is 0 Å². The van der Waals surface area contributed by atoms with Gasteiger partial charge in [-0.3, -0.25) is 9.59 Å². The summed E-state index contributed by atoms with van der Waals surface area (Å²) in [6.45, 7) is 4.66. The predicted molar refractivity (Wildman–Crippen MR) is 99.1 cm³/mol. The smallest absolute Gasteiger partial charge is 0.227 e. The molecular formula is C18H26ClF2N3O2. The van der Waals surface area contributed by atoms with E-state index in [-0.39, 0.29) is 48.9 Å². The van der Waals surface area contributed by atoms with Crippen LogP contribution in [0.2, 0.25) is 0 Å². The maximum absolute atomic E-state index is 13.9. The third-order valence-electron chi connectivity index (χ3n) is 4.71. The third-order valence-corrected chi connectivity index (χ3v) is 4.71. The molecule has 1 aromatic carbocycles. The van der Waals surface area contributed by atoms with Crippen LogP contribution < -0.4 is 10.6 Å². The molecule has 146 valence electrons. The second-order valence-corrected chi connectivity index (χ2v) is 6.96. The SMILES string of the molecule is CC(C)C(N)CCN(C)C(=O)C1CC(=O)N(c2ccc(F)cc2F)C1.Cl. The van der Waals surface area contributed by atoms with Crippen LogP contribution >= 0.6 is 12.4 Å². The van der Waals surface area contributed by atoms with Crippen molar-refractivity contribution < 1.29 is 18.4 Å². The minimum atomic E-state index is -0.808. The van der Waals surface area contributed by atoms with Crippen molar-refractivity contribution >= 4 is 29.9 Å². The van der Waals surface area contributed by atoms with E-state index in [1.807, 2.05) is 13.8 Å². The van der Waals surface area contributed by atoms with Crippen LogP contribution in [0.1, 0.15) is 26.7 Å². The molecule has 5 nitrogen and oxygen atoms in total. The number of hydrogen-bond donors (Lipinski definition) is 1. The number of halogens is 3. The van der Waals surface area contributed by atoms with Gasteiger partial charge in [0.1, 0.15) is 11.6 Å². The molecule has 1 aliphatic rings. The first-order valence-corrected chi connectivity index (χ1v) is 8.46. The summed E-state index contributed by atoms with van der Waals surface area (Å²) in [6.07, 6.45) is 0.701. The van der Waals surface area contributed by atoms with Gasteiger partial charge in [0, 0.05) is 38.7 Å². The van der Waals surface area contributed by atoms with Gasteiger partial charge in [-0.1, -0.05) is 13.8 Å². The van der Waals surface area contributed by atoms with Crippen molar-refractivity contribution in [1.82, 2.24) is 4.90 Å². The van der Waals surface area contributed by atoms with Gasteiger partial charge in [0.05, 0.1) is 11.6 Å². The number of amides is 2. The molecule has 2 atom stereocenters. The lowest BCUT2D eigenvalue weighted by Gasteiger charge is -2.24. The Hall–Kier alpha value is -1.73. The van der Waals surface area contributed by atoms with Crippen LogP contribution in [0.25, 0.3) is 0 Å². The second-order valence-electron chi connectivity index (χ2n) is 6.96. The molecule has 2 rings (SSSR count). The summed E-state index contributed by atoms with van der Waals surface area (Å²) in [5, 5.41) is 0. The Morgan fingerprint density at radius 1 is 1.38 bits per heavy atom. The Labute approximate surface area is 158 Å². The molecule has 1 saturated heterocycles. The number of nitrogens with zero attached hydrogens (tertiary/aromatic N) is 2. The molecular weight excluding hydrogens is 364 g/mol. The molecule has 0 aromatic heterocycles. The highest BCUT2D eigenvalue weighted by Gasteiger charge is 2.37. The molecule has 0 radical (unpaired) electrons. The van der Waals surface area contributed by atoms with Crippen LogP contribution in [0, 0.1) is 23.5 Å². The monoisotopic (exact) mass is 389 g/mol. The first kappa shape index (κ1) is 22.3. The van der Waals surface area contributed by atoms with E-state index in [1.165, 1.54) is 11.0 Å². The number of benzene rings is 1. The zero-order valence-corrected chi connectivity index (χ0v) is 16.1. The van der Waals surface area contributed by atoms with Gasteiger partial charge in [0.2, 0.25) is 11.8 Å². The van der Waals surface area contributed by atoms with Crippen molar-refractivity contribution in [2.75, 3.05) is 25.0 Å². The van der Waals surface area contributed by atoms with Crippen LogP contribution in [-0.2, 0) is 9.59 Å². The summed E-state index contributed by atoms with van der Waals surface area (Å²) in [5.41, 5.74) is 6.00. The molecule has 1 aromatic rings. The summed E-state index contributed by atoms with van der Waals surface area (Å²) in [7, 11) is 1.68. The van der Waals surface area contributed by atoms with Gasteiger partial charge < -0.3 is 15.5 Å². The highest BCUT2D eigenvalue weighted by atomic mass is 35.5. The molecule has 1 heterocycles. The van der Waals surface area contributed by atoms with Crippen molar-refractivity contribution in [3.8, 4) is 0 Å². The van der Waals surface area contributed by atoms with Crippen molar-refractivity contribution in [3.05, 3.63) is 29.8 Å². The zero-order valence-electron chi connectivity index (χ0n) is 15.2. The maximum Gasteiger partial charge on any atom is 0.227 e. The molecule has 0 spiro atoms. The van der Waals surface area contributed by atoms with E-state index >= 15 is 0 Å². The Balaban J connectivity index is 0.00000338. The Morgan fingerprint density at radius 3 is 2.62 bits per heavy atom. The summed E-state index contributed by atoms with van der Waals surface area (Å²) < 4.78 is 26.9. The fraction of sp³-hybridized carbons (Fsp3) is 0.556. The quantitative estimate of drug-likeness (QED) is 0.813. The number of carbonyl (C=O) groups is 2. The Bertz CT molecular complexity index is 657. The third kappa shape index (κ3) is 5.14. The molecule has 2 unspecified atom stereocenters. The average Bonchev–Trinajstić information content (AvgIpc) is 2.93. The van der Waals surface area contributed by atoms with Gasteiger partial charge in [0.15, 0.2) is 0 Å². The van der Waals surface area contributed by atoms with Crippen molar-refractivity contribution in [2.45, 2.75) is 32.7 Å². The number of rotatable bonds is 6. The van der Waals surface area contributed by atoms with E-state index in [4.69, 9.17) is 5.73 Å². The van der Waals surface area contributed by atoms with Gasteiger partial charge in [0.25, 0.3) is 0 Å². The molecule has 0 saturated carbocycles. The number of carbonyl (C=O) groups excluding carboxylic acids is 2. The fourth-order valence-corrected chi connectivity index (χ4v) is 2.90. The molecule has 2 N–H and O–H groups in total. The summed E-state index contributed by atoms with van der Waals surface area (Å²) in [6, 6.07) is 3.06. The molecule has 1 fully saturated rings. The Kier molecular flexibility index (Phi) is 7.96. The first-order chi connectivity index (χ1) is 11.7. The number of nitrogens with two attached hydrogens (primary N) is 1. The van der Waals surface area contributed by atoms with E-state index < -0.39 is 17.6 Å². The molecule has 8 heteroatoms. The minimum Gasteiger partial charge on any atom is -0.345 e. The predicted octanol–water partition coefficient (Wildman–Crippen LogP) is 2.57. The topological polar surface area (TPSA) is 66.6 Å². The van der Waals surface area contributed by atoms with Gasteiger partial charge in [-0.25, -0.2) is 8.78 Å². The number of anilines is 1. The average molecular weight is 390 g/mol. The van der Waals surface area contributed by atoms with E-state index in [0.717, 1.165) is 12.1 Å². The van der Waals surface area contributed by atoms with Crippen molar-refractivity contribution in [3.63, 3.8) is 0 Å². The van der Waals surface area contributed by atoms with Gasteiger partial charge in [-0.05, 0) is 24.5 Å². The first-order valence-electron chi connectivity index (χ1n) is 8.46. The lowest BCUT2D eigenvalue weighted by Crippen LogP contribution is -2.38. The van der Waals surface area contributed by atoms with Crippen LogP contribution in [0.5, 0.6) is 0 Å². The van der Waals surface area contributed by atoms with Crippen LogP contribution in [-0.4, -0.2) is 42.9 Å². The molecule has 1 aliphatic heterocycles. The van der Waals surface area contributed by atoms with Crippen molar-refractivity contribution in [1.29, 1.82) is 0 Å². The number of hydrogen-bond acceptors (Lipinski definition) is 3. The van der Waals surface area contributed by atoms with Gasteiger partial charge >= 0.3 is 0 Å². The minimum absolute atomic E-state index is 0. The zero-order chi connectivity index (χ0) is 18.7. The van der Waals surface area contributed by atoms with Crippen molar-refractivity contribution in [2.24, 2.45) is 17.6 Å². The van der Waals surface area contributed by atoms with Crippen LogP contribution in [0.4, 0.5) is 14.5 Å². The summed E-state index contributed by atoms with van der Waals surface area (Å²) in [4.78, 5) is 27.5. The molecule has 0 bridgehead atoms. The van der Waals surface area contributed by atoms with E-state index in [0.29, 0.717) is 18.9 Å². The second kappa shape index (κ2) is 9.28. The molecule has 2 amide bonds. The van der Waals surface area contributed by atoms with E-state index in [9.17, 15) is 18.4 Å². The lowest BCUT2D eigenvalue weighted by atomic mass is 10.0. The fourth-order valence-electron chi connectivity index (χ4n) is 2.90. The van der Waals surface area contributed by atoms with Gasteiger partial charge in [-0.2, -0.15) is 0 Å². The van der Waals surface area contributed by atoms with Gasteiger partial charge in [-0.15, -0.1) is 12.4 Å². The molecule has 0 aliphatic carbocycles. The standard InChI is InChI=1S/C18H25F2N3O2.ClH/c1-11(2)15(21)6-7-22(3)18(25)12-8-17(24)23(10-12)16-5-4-13(19)9-14(16)20;/h4-5,9,11-12,15H,6-8,10,21H2,1-3H3;1H. The Morgan fingerprint density at radius 2 is 2.04 bits per heavy atom.